The summed E-state index contributed by atoms with van der Waals surface area (Å²) in [6.45, 7) is 4.51. The minimum atomic E-state index is -0.870. The van der Waals surface area contributed by atoms with Crippen LogP contribution in [0, 0.1) is 11.6 Å². The Balaban J connectivity index is 2.34. The van der Waals surface area contributed by atoms with Gasteiger partial charge in [-0.15, -0.1) is 0 Å². The highest BCUT2D eigenvalue weighted by Gasteiger charge is 2.31. The van der Waals surface area contributed by atoms with E-state index in [0.29, 0.717) is 19.6 Å². The highest BCUT2D eigenvalue weighted by Crippen LogP contribution is 2.23. The van der Waals surface area contributed by atoms with Gasteiger partial charge in [-0.3, -0.25) is 4.79 Å². The highest BCUT2D eigenvalue weighted by atomic mass is 19.1. The van der Waals surface area contributed by atoms with Crippen LogP contribution in [0.5, 0.6) is 0 Å². The third-order valence-corrected chi connectivity index (χ3v) is 3.50. The molecule has 1 aromatic carbocycles. The number of nitrogen functional groups attached to an aromatic ring is 1. The van der Waals surface area contributed by atoms with Gasteiger partial charge in [0, 0.05) is 6.54 Å². The Kier molecular flexibility index (Phi) is 4.23. The van der Waals surface area contributed by atoms with Gasteiger partial charge < -0.3 is 15.4 Å². The first-order valence-electron chi connectivity index (χ1n) is 6.61. The molecule has 1 heterocycles. The van der Waals surface area contributed by atoms with Gasteiger partial charge in [0.25, 0.3) is 5.91 Å². The monoisotopic (exact) mass is 284 g/mol. The number of nitrogens with two attached hydrogens (primary N) is 1. The molecule has 0 saturated carbocycles. The van der Waals surface area contributed by atoms with Crippen molar-refractivity contribution in [3.63, 3.8) is 0 Å². The summed E-state index contributed by atoms with van der Waals surface area (Å²) >= 11 is 0. The average Bonchev–Trinajstić information content (AvgIpc) is 2.42. The van der Waals surface area contributed by atoms with Crippen molar-refractivity contribution in [1.29, 1.82) is 0 Å². The maximum Gasteiger partial charge on any atom is 0.257 e. The molecule has 1 amide bonds. The Morgan fingerprint density at radius 3 is 2.85 bits per heavy atom. The van der Waals surface area contributed by atoms with Gasteiger partial charge in [0.05, 0.1) is 30.0 Å². The molecule has 1 fully saturated rings. The van der Waals surface area contributed by atoms with Crippen LogP contribution in [0.3, 0.4) is 0 Å². The van der Waals surface area contributed by atoms with Crippen LogP contribution < -0.4 is 5.73 Å². The van der Waals surface area contributed by atoms with Crippen molar-refractivity contribution in [2.45, 2.75) is 32.4 Å². The number of rotatable bonds is 2. The predicted molar refractivity (Wildman–Crippen MR) is 71.3 cm³/mol. The normalized spacial score (nSPS) is 22.9. The van der Waals surface area contributed by atoms with Gasteiger partial charge in [-0.1, -0.05) is 6.92 Å². The van der Waals surface area contributed by atoms with Gasteiger partial charge in [0.15, 0.2) is 5.82 Å². The molecule has 0 bridgehead atoms. The molecular formula is C14H18F2N2O2. The van der Waals surface area contributed by atoms with E-state index in [-0.39, 0.29) is 23.4 Å². The van der Waals surface area contributed by atoms with Gasteiger partial charge in [0.2, 0.25) is 0 Å². The third-order valence-electron chi connectivity index (χ3n) is 3.50. The van der Waals surface area contributed by atoms with E-state index in [1.54, 1.807) is 0 Å². The summed E-state index contributed by atoms with van der Waals surface area (Å²) in [5.74, 6) is -2.14. The van der Waals surface area contributed by atoms with Gasteiger partial charge >= 0.3 is 0 Å². The number of hydrogen-bond acceptors (Lipinski definition) is 3. The molecule has 0 aromatic heterocycles. The summed E-state index contributed by atoms with van der Waals surface area (Å²) in [5.41, 5.74) is 4.69. The summed E-state index contributed by atoms with van der Waals surface area (Å²) in [6.07, 6.45) is 0.556. The maximum absolute atomic E-state index is 13.9. The lowest BCUT2D eigenvalue weighted by atomic mass is 10.1. The zero-order chi connectivity index (χ0) is 14.9. The molecule has 2 N–H and O–H groups in total. The number of carbonyl (C=O) groups is 1. The van der Waals surface area contributed by atoms with E-state index in [4.69, 9.17) is 10.5 Å². The minimum absolute atomic E-state index is 0.129. The molecule has 0 radical (unpaired) electrons. The zero-order valence-corrected chi connectivity index (χ0v) is 11.5. The number of hydrogen-bond donors (Lipinski definition) is 1. The Bertz CT molecular complexity index is 522. The standard InChI is InChI=1S/C14H18F2N2O2/c1-3-10-7-20-8(2)6-18(10)14(19)11-4-9(15)5-12(17)13(11)16/h4-5,8,10H,3,6-7,17H2,1-2H3. The van der Waals surface area contributed by atoms with Crippen molar-refractivity contribution in [3.05, 3.63) is 29.3 Å². The number of nitrogens with zero attached hydrogens (tertiary/aromatic N) is 1. The van der Waals surface area contributed by atoms with E-state index >= 15 is 0 Å². The molecule has 2 rings (SSSR count). The fourth-order valence-corrected chi connectivity index (χ4v) is 2.35. The van der Waals surface area contributed by atoms with Crippen molar-refractivity contribution in [2.75, 3.05) is 18.9 Å². The number of amides is 1. The average molecular weight is 284 g/mol. The molecule has 1 saturated heterocycles. The molecule has 0 aliphatic carbocycles. The van der Waals surface area contributed by atoms with Crippen LogP contribution in [-0.2, 0) is 4.74 Å². The number of anilines is 1. The molecule has 4 nitrogen and oxygen atoms in total. The van der Waals surface area contributed by atoms with E-state index in [9.17, 15) is 13.6 Å². The summed E-state index contributed by atoms with van der Waals surface area (Å²) < 4.78 is 32.8. The topological polar surface area (TPSA) is 55.6 Å². The lowest BCUT2D eigenvalue weighted by Crippen LogP contribution is -2.51. The molecular weight excluding hydrogens is 266 g/mol. The van der Waals surface area contributed by atoms with E-state index < -0.39 is 17.5 Å². The van der Waals surface area contributed by atoms with Gasteiger partial charge in [-0.05, 0) is 25.5 Å². The molecule has 1 aromatic rings. The molecule has 1 aliphatic rings. The van der Waals surface area contributed by atoms with Crippen molar-refractivity contribution < 1.29 is 18.3 Å². The fourth-order valence-electron chi connectivity index (χ4n) is 2.35. The highest BCUT2D eigenvalue weighted by molar-refractivity contribution is 5.95. The van der Waals surface area contributed by atoms with Gasteiger partial charge in [-0.25, -0.2) is 8.78 Å². The van der Waals surface area contributed by atoms with Crippen LogP contribution in [0.2, 0.25) is 0 Å². The van der Waals surface area contributed by atoms with Gasteiger partial charge in [0.1, 0.15) is 5.82 Å². The van der Waals surface area contributed by atoms with Crippen LogP contribution in [0.4, 0.5) is 14.5 Å². The minimum Gasteiger partial charge on any atom is -0.396 e. The molecule has 110 valence electrons. The summed E-state index contributed by atoms with van der Waals surface area (Å²) in [4.78, 5) is 14.0. The Morgan fingerprint density at radius 1 is 1.50 bits per heavy atom. The number of halogens is 2. The van der Waals surface area contributed by atoms with Crippen molar-refractivity contribution in [2.24, 2.45) is 0 Å². The number of carbonyl (C=O) groups excluding carboxylic acids is 1. The van der Waals surface area contributed by atoms with Crippen LogP contribution in [-0.4, -0.2) is 36.1 Å². The largest absolute Gasteiger partial charge is 0.396 e. The molecule has 2 atom stereocenters. The predicted octanol–water partition coefficient (Wildman–Crippen LogP) is 2.19. The smallest absolute Gasteiger partial charge is 0.257 e. The van der Waals surface area contributed by atoms with E-state index in [1.807, 2.05) is 13.8 Å². The van der Waals surface area contributed by atoms with E-state index in [1.165, 1.54) is 4.90 Å². The second kappa shape index (κ2) is 5.75. The Morgan fingerprint density at radius 2 is 2.20 bits per heavy atom. The van der Waals surface area contributed by atoms with E-state index in [0.717, 1.165) is 12.1 Å². The molecule has 6 heteroatoms. The first-order valence-corrected chi connectivity index (χ1v) is 6.61. The molecule has 2 unspecified atom stereocenters. The van der Waals surface area contributed by atoms with Crippen molar-refractivity contribution >= 4 is 11.6 Å². The fraction of sp³-hybridized carbons (Fsp3) is 0.500. The van der Waals surface area contributed by atoms with E-state index in [2.05, 4.69) is 0 Å². The SMILES string of the molecule is CCC1COC(C)CN1C(=O)c1cc(F)cc(N)c1F. The molecule has 20 heavy (non-hydrogen) atoms. The lowest BCUT2D eigenvalue weighted by Gasteiger charge is -2.38. The number of benzene rings is 1. The van der Waals surface area contributed by atoms with Crippen molar-refractivity contribution in [3.8, 4) is 0 Å². The zero-order valence-electron chi connectivity index (χ0n) is 11.5. The number of morpholine rings is 1. The quantitative estimate of drug-likeness (QED) is 0.847. The first kappa shape index (κ1) is 14.7. The lowest BCUT2D eigenvalue weighted by molar-refractivity contribution is -0.0445. The number of ether oxygens (including phenoxy) is 1. The maximum atomic E-state index is 13.9. The second-order valence-corrected chi connectivity index (χ2v) is 5.02. The first-order chi connectivity index (χ1) is 9.43. The molecule has 1 aliphatic heterocycles. The van der Waals surface area contributed by atoms with Crippen molar-refractivity contribution in [1.82, 2.24) is 4.90 Å². The second-order valence-electron chi connectivity index (χ2n) is 5.02. The third kappa shape index (κ3) is 2.75. The summed E-state index contributed by atoms with van der Waals surface area (Å²) in [6, 6.07) is 1.62. The van der Waals surface area contributed by atoms with Crippen LogP contribution >= 0.6 is 0 Å². The van der Waals surface area contributed by atoms with Crippen LogP contribution in [0.25, 0.3) is 0 Å². The van der Waals surface area contributed by atoms with Gasteiger partial charge in [-0.2, -0.15) is 0 Å². The summed E-state index contributed by atoms with van der Waals surface area (Å²) in [5, 5.41) is 0. The molecule has 0 spiro atoms. The van der Waals surface area contributed by atoms with Crippen LogP contribution in [0.15, 0.2) is 12.1 Å². The van der Waals surface area contributed by atoms with Crippen LogP contribution in [0.1, 0.15) is 30.6 Å². The Labute approximate surface area is 116 Å². The summed E-state index contributed by atoms with van der Waals surface area (Å²) in [7, 11) is 0. The Hall–Kier alpha value is -1.69.